The van der Waals surface area contributed by atoms with Crippen LogP contribution in [0.15, 0.2) is 0 Å². The van der Waals surface area contributed by atoms with Gasteiger partial charge in [0.2, 0.25) is 0 Å². The average Bonchev–Trinajstić information content (AvgIpc) is 3.01. The van der Waals surface area contributed by atoms with Gasteiger partial charge in [-0.2, -0.15) is 0 Å². The van der Waals surface area contributed by atoms with Crippen LogP contribution in [0.4, 0.5) is 0 Å². The van der Waals surface area contributed by atoms with E-state index in [1.165, 1.54) is 154 Å². The van der Waals surface area contributed by atoms with Crippen LogP contribution in [0.2, 0.25) is 17.7 Å². The predicted molar refractivity (Wildman–Crippen MR) is 216 cm³/mol. The molecule has 0 spiro atoms. The SMILES string of the molecule is CCCCCCCCC[CH2][Sn]1([CH2]CCCCCCCCC)[S][Sn]([CH2]CCCCCCCCC)([CH2]CCCCCCCCC)[S]1. The van der Waals surface area contributed by atoms with Gasteiger partial charge in [-0.3, -0.25) is 0 Å². The molecule has 0 bridgehead atoms. The van der Waals surface area contributed by atoms with Crippen LogP contribution in [-0.4, -0.2) is 31.2 Å². The van der Waals surface area contributed by atoms with Gasteiger partial charge in [-0.05, 0) is 0 Å². The predicted octanol–water partition coefficient (Wildman–Crippen LogP) is 16.9. The molecule has 1 heterocycles. The quantitative estimate of drug-likeness (QED) is 0.0455. The van der Waals surface area contributed by atoms with E-state index in [4.69, 9.17) is 0 Å². The van der Waals surface area contributed by atoms with Gasteiger partial charge in [0.1, 0.15) is 0 Å². The fourth-order valence-corrected chi connectivity index (χ4v) is 247. The molecule has 0 nitrogen and oxygen atoms in total. The van der Waals surface area contributed by atoms with Crippen LogP contribution in [0.5, 0.6) is 0 Å². The Morgan fingerprint density at radius 3 is 0.568 bits per heavy atom. The molecule has 1 aliphatic rings. The van der Waals surface area contributed by atoms with E-state index in [9.17, 15) is 0 Å². The van der Waals surface area contributed by atoms with Crippen molar-refractivity contribution in [3.63, 3.8) is 0 Å². The average molecular weight is 867 g/mol. The van der Waals surface area contributed by atoms with Gasteiger partial charge in [0.25, 0.3) is 0 Å². The monoisotopic (exact) mass is 868 g/mol. The molecular formula is C40H84S2Sn2. The summed E-state index contributed by atoms with van der Waals surface area (Å²) in [4.78, 5) is 0. The van der Waals surface area contributed by atoms with Gasteiger partial charge in [0, 0.05) is 0 Å². The summed E-state index contributed by atoms with van der Waals surface area (Å²) < 4.78 is 7.01. The summed E-state index contributed by atoms with van der Waals surface area (Å²) in [5.41, 5.74) is 0. The van der Waals surface area contributed by atoms with Crippen molar-refractivity contribution in [2.45, 2.75) is 251 Å². The van der Waals surface area contributed by atoms with E-state index in [0.29, 0.717) is 0 Å². The fraction of sp³-hybridized carbons (Fsp3) is 1.00. The van der Waals surface area contributed by atoms with Gasteiger partial charge in [0.15, 0.2) is 0 Å². The molecule has 0 aromatic heterocycles. The molecule has 0 radical (unpaired) electrons. The van der Waals surface area contributed by atoms with Crippen LogP contribution in [0.1, 0.15) is 233 Å². The fourth-order valence-electron chi connectivity index (χ4n) is 7.46. The second-order valence-electron chi connectivity index (χ2n) is 14.9. The number of rotatable bonds is 36. The number of hydrogen-bond acceptors (Lipinski definition) is 2. The van der Waals surface area contributed by atoms with E-state index in [1.54, 1.807) is 69.1 Å². The van der Waals surface area contributed by atoms with E-state index >= 15 is 0 Å². The van der Waals surface area contributed by atoms with Crippen molar-refractivity contribution < 1.29 is 0 Å². The minimum absolute atomic E-state index is 1.38. The molecular weight excluding hydrogens is 782 g/mol. The Balaban J connectivity index is 2.59. The third kappa shape index (κ3) is 24.4. The molecule has 0 saturated carbocycles. The van der Waals surface area contributed by atoms with Crippen molar-refractivity contribution >= 4 is 43.5 Å². The summed E-state index contributed by atoms with van der Waals surface area (Å²) in [6.07, 6.45) is 54.1. The third-order valence-corrected chi connectivity index (χ3v) is 179. The van der Waals surface area contributed by atoms with Crippen molar-refractivity contribution in [2.24, 2.45) is 0 Å². The molecule has 0 amide bonds. The second kappa shape index (κ2) is 32.5. The Kier molecular flexibility index (Phi) is 32.7. The van der Waals surface area contributed by atoms with E-state index in [0.717, 1.165) is 0 Å². The van der Waals surface area contributed by atoms with E-state index in [1.807, 2.05) is 0 Å². The van der Waals surface area contributed by atoms with Crippen LogP contribution in [0.25, 0.3) is 0 Å². The molecule has 1 rings (SSSR count). The van der Waals surface area contributed by atoms with Crippen LogP contribution in [0.3, 0.4) is 0 Å². The van der Waals surface area contributed by atoms with Gasteiger partial charge in [-0.25, -0.2) is 0 Å². The summed E-state index contributed by atoms with van der Waals surface area (Å²) >= 11 is -3.98. The first kappa shape index (κ1) is 44.3. The number of hydrogen-bond donors (Lipinski definition) is 0. The molecule has 0 N–H and O–H groups in total. The van der Waals surface area contributed by atoms with Crippen LogP contribution in [-0.2, 0) is 0 Å². The summed E-state index contributed by atoms with van der Waals surface area (Å²) in [6, 6.07) is 0. The molecule has 0 aromatic carbocycles. The molecule has 0 atom stereocenters. The Morgan fingerprint density at radius 2 is 0.386 bits per heavy atom. The standard InChI is InChI=1S/4C10H21.2S.2Sn/c4*1-3-5-7-9-10-8-6-4-2;;;;/h4*1,3-10H2,2H3;;;;. The van der Waals surface area contributed by atoms with Gasteiger partial charge >= 0.3 is 294 Å². The van der Waals surface area contributed by atoms with Crippen LogP contribution in [0, 0.1) is 0 Å². The molecule has 1 fully saturated rings. The zero-order chi connectivity index (χ0) is 31.9. The molecule has 1 aliphatic heterocycles. The zero-order valence-corrected chi connectivity index (χ0v) is 38.6. The summed E-state index contributed by atoms with van der Waals surface area (Å²) in [7, 11) is 0. The molecule has 264 valence electrons. The van der Waals surface area contributed by atoms with Gasteiger partial charge in [-0.15, -0.1) is 0 Å². The van der Waals surface area contributed by atoms with Gasteiger partial charge < -0.3 is 0 Å². The van der Waals surface area contributed by atoms with Crippen LogP contribution >= 0.6 is 12.3 Å². The van der Waals surface area contributed by atoms with Crippen molar-refractivity contribution in [1.82, 2.24) is 0 Å². The molecule has 44 heavy (non-hydrogen) atoms. The third-order valence-electron chi connectivity index (χ3n) is 10.4. The Labute approximate surface area is 291 Å². The topological polar surface area (TPSA) is 0 Å². The molecule has 0 aromatic rings. The Morgan fingerprint density at radius 1 is 0.227 bits per heavy atom. The molecule has 0 unspecified atom stereocenters. The van der Waals surface area contributed by atoms with Crippen molar-refractivity contribution in [1.29, 1.82) is 0 Å². The van der Waals surface area contributed by atoms with Crippen molar-refractivity contribution in [2.75, 3.05) is 0 Å². The molecule has 0 aliphatic carbocycles. The Hall–Kier alpha value is 2.30. The van der Waals surface area contributed by atoms with Crippen molar-refractivity contribution in [3.05, 3.63) is 0 Å². The van der Waals surface area contributed by atoms with E-state index < -0.39 is 31.2 Å². The maximum absolute atomic E-state index is 2.95. The first-order valence-corrected chi connectivity index (χ1v) is 44.7. The van der Waals surface area contributed by atoms with E-state index in [2.05, 4.69) is 40.0 Å². The minimum atomic E-state index is -1.99. The first-order chi connectivity index (χ1) is 21.7. The zero-order valence-electron chi connectivity index (χ0n) is 31.3. The van der Waals surface area contributed by atoms with Gasteiger partial charge in [0.05, 0.1) is 0 Å². The van der Waals surface area contributed by atoms with Crippen LogP contribution < -0.4 is 0 Å². The first-order valence-electron chi connectivity index (χ1n) is 21.1. The summed E-state index contributed by atoms with van der Waals surface area (Å²) in [5, 5.41) is 0. The van der Waals surface area contributed by atoms with Crippen molar-refractivity contribution in [3.8, 4) is 0 Å². The second-order valence-corrected chi connectivity index (χ2v) is 82.8. The summed E-state index contributed by atoms with van der Waals surface area (Å²) in [6.45, 7) is 9.39. The molecule has 1 saturated heterocycles. The summed E-state index contributed by atoms with van der Waals surface area (Å²) in [5.74, 6) is 0. The van der Waals surface area contributed by atoms with Gasteiger partial charge in [-0.1, -0.05) is 0 Å². The maximum atomic E-state index is 2.95. The Bertz CT molecular complexity index is 486. The number of unbranched alkanes of at least 4 members (excludes halogenated alkanes) is 28. The normalized spacial score (nSPS) is 15.5. The molecule has 4 heteroatoms. The van der Waals surface area contributed by atoms with E-state index in [-0.39, 0.29) is 0 Å².